The van der Waals surface area contributed by atoms with E-state index in [0.29, 0.717) is 17.2 Å². The zero-order chi connectivity index (χ0) is 30.9. The van der Waals surface area contributed by atoms with Crippen molar-refractivity contribution in [3.8, 4) is 17.2 Å². The molecule has 0 radical (unpaired) electrons. The maximum absolute atomic E-state index is 13.7. The summed E-state index contributed by atoms with van der Waals surface area (Å²) in [4.78, 5) is 33.8. The first-order chi connectivity index (χ1) is 20.5. The van der Waals surface area contributed by atoms with E-state index in [2.05, 4.69) is 15.0 Å². The number of carbonyl (C=O) groups excluding carboxylic acids is 2. The number of aromatic nitrogens is 2. The Kier molecular flexibility index (Phi) is 8.37. The quantitative estimate of drug-likeness (QED) is 0.345. The predicted molar refractivity (Wildman–Crippen MR) is 156 cm³/mol. The molecule has 230 valence electrons. The van der Waals surface area contributed by atoms with Crippen LogP contribution in [-0.2, 0) is 17.1 Å². The number of aliphatic hydroxyl groups excluding tert-OH is 1. The number of anilines is 2. The second kappa shape index (κ2) is 12.0. The van der Waals surface area contributed by atoms with Crippen LogP contribution in [0.15, 0.2) is 53.9 Å². The molecule has 0 aliphatic carbocycles. The van der Waals surface area contributed by atoms with Gasteiger partial charge in [0.05, 0.1) is 36.8 Å². The van der Waals surface area contributed by atoms with Crippen molar-refractivity contribution in [2.24, 2.45) is 13.0 Å². The van der Waals surface area contributed by atoms with E-state index in [-0.39, 0.29) is 54.4 Å². The summed E-state index contributed by atoms with van der Waals surface area (Å²) >= 11 is 0. The Balaban J connectivity index is 1.44. The van der Waals surface area contributed by atoms with Gasteiger partial charge in [-0.1, -0.05) is 13.0 Å². The lowest BCUT2D eigenvalue weighted by Crippen LogP contribution is -2.50. The molecule has 0 spiro atoms. The number of aliphatic hydroxyl groups is 1. The van der Waals surface area contributed by atoms with Gasteiger partial charge < -0.3 is 39.0 Å². The summed E-state index contributed by atoms with van der Waals surface area (Å²) in [6, 6.07) is 8.70. The van der Waals surface area contributed by atoms with Crippen molar-refractivity contribution >= 4 is 33.3 Å². The summed E-state index contributed by atoms with van der Waals surface area (Å²) in [7, 11) is -0.875. The minimum Gasteiger partial charge on any atom is -0.485 e. The van der Waals surface area contributed by atoms with Crippen LogP contribution in [0.1, 0.15) is 24.2 Å². The summed E-state index contributed by atoms with van der Waals surface area (Å²) < 4.78 is 47.5. The van der Waals surface area contributed by atoms with Crippen LogP contribution in [0.4, 0.5) is 16.2 Å². The number of aryl methyl sites for hydroxylation is 1. The lowest BCUT2D eigenvalue weighted by molar-refractivity contribution is 0.0373. The van der Waals surface area contributed by atoms with Gasteiger partial charge in [-0.15, -0.1) is 0 Å². The minimum atomic E-state index is -4.13. The summed E-state index contributed by atoms with van der Waals surface area (Å²) in [5.41, 5.74) is 0.670. The molecule has 3 amide bonds. The largest absolute Gasteiger partial charge is 0.485 e. The number of amides is 3. The Morgan fingerprint density at radius 2 is 2.00 bits per heavy atom. The molecule has 14 nitrogen and oxygen atoms in total. The Morgan fingerprint density at radius 3 is 2.72 bits per heavy atom. The number of sulfonamides is 1. The number of imidazole rings is 1. The molecule has 15 heteroatoms. The first-order valence-electron chi connectivity index (χ1n) is 13.6. The fourth-order valence-corrected chi connectivity index (χ4v) is 5.86. The molecule has 43 heavy (non-hydrogen) atoms. The first-order valence-corrected chi connectivity index (χ1v) is 15.1. The molecule has 3 aromatic rings. The van der Waals surface area contributed by atoms with Gasteiger partial charge >= 0.3 is 6.03 Å². The maximum atomic E-state index is 13.7. The second-order valence-corrected chi connectivity index (χ2v) is 12.3. The van der Waals surface area contributed by atoms with Crippen LogP contribution in [-0.4, -0.2) is 90.5 Å². The average Bonchev–Trinajstić information content (AvgIpc) is 3.63. The number of benzene rings is 2. The molecule has 2 aromatic carbocycles. The van der Waals surface area contributed by atoms with Crippen LogP contribution in [0.2, 0.25) is 0 Å². The molecule has 0 bridgehead atoms. The summed E-state index contributed by atoms with van der Waals surface area (Å²) in [6.07, 6.45) is 2.04. The van der Waals surface area contributed by atoms with Crippen LogP contribution in [0.25, 0.3) is 0 Å². The van der Waals surface area contributed by atoms with E-state index >= 15 is 0 Å². The minimum absolute atomic E-state index is 0.0169. The molecule has 3 heterocycles. The van der Waals surface area contributed by atoms with Crippen molar-refractivity contribution in [1.82, 2.24) is 19.4 Å². The summed E-state index contributed by atoms with van der Waals surface area (Å²) in [5, 5.41) is 12.5. The van der Waals surface area contributed by atoms with Gasteiger partial charge in [0.15, 0.2) is 22.3 Å². The highest BCUT2D eigenvalue weighted by Crippen LogP contribution is 2.37. The highest BCUT2D eigenvalue weighted by atomic mass is 32.2. The van der Waals surface area contributed by atoms with Gasteiger partial charge in [-0.05, 0) is 31.2 Å². The van der Waals surface area contributed by atoms with Crippen LogP contribution in [0.5, 0.6) is 17.2 Å². The monoisotopic (exact) mass is 614 g/mol. The highest BCUT2D eigenvalue weighted by Gasteiger charge is 2.35. The van der Waals surface area contributed by atoms with Gasteiger partial charge in [0.25, 0.3) is 15.9 Å². The zero-order valence-electron chi connectivity index (χ0n) is 24.2. The SMILES string of the molecule is C[C@@H]1CN([C@H](C)CO)C(=O)c2cccc(NS(=O)(=O)c3cn(C)cn3)c2O[C@@H]1CN(C)C(=O)Nc1ccc2c(c1)OCO2. The molecule has 0 fully saturated rings. The van der Waals surface area contributed by atoms with Crippen LogP contribution in [0.3, 0.4) is 0 Å². The molecule has 0 saturated carbocycles. The van der Waals surface area contributed by atoms with E-state index in [0.717, 1.165) is 0 Å². The third-order valence-corrected chi connectivity index (χ3v) is 8.57. The number of fused-ring (bicyclic) bond motifs is 2. The van der Waals surface area contributed by atoms with E-state index in [1.54, 1.807) is 45.3 Å². The number of rotatable bonds is 8. The number of carbonyl (C=O) groups is 2. The van der Waals surface area contributed by atoms with Gasteiger partial charge in [-0.2, -0.15) is 8.42 Å². The van der Waals surface area contributed by atoms with E-state index in [4.69, 9.17) is 14.2 Å². The fraction of sp³-hybridized carbons (Fsp3) is 0.393. The number of urea groups is 1. The summed E-state index contributed by atoms with van der Waals surface area (Å²) in [6.45, 7) is 3.74. The first kappa shape index (κ1) is 30.0. The van der Waals surface area contributed by atoms with Gasteiger partial charge in [-0.3, -0.25) is 9.52 Å². The molecule has 0 unspecified atom stereocenters. The molecule has 2 aliphatic rings. The normalized spacial score (nSPS) is 18.6. The number of hydrogen-bond donors (Lipinski definition) is 3. The van der Waals surface area contributed by atoms with Crippen molar-refractivity contribution in [2.75, 3.05) is 43.6 Å². The Morgan fingerprint density at radius 1 is 1.23 bits per heavy atom. The number of likely N-dealkylation sites (N-methyl/N-ethyl adjacent to an activating group) is 1. The number of nitrogens with zero attached hydrogens (tertiary/aromatic N) is 4. The van der Waals surface area contributed by atoms with Crippen molar-refractivity contribution in [1.29, 1.82) is 0 Å². The molecule has 2 aliphatic heterocycles. The van der Waals surface area contributed by atoms with E-state index < -0.39 is 34.1 Å². The molecule has 3 atom stereocenters. The number of hydrogen-bond acceptors (Lipinski definition) is 9. The lowest BCUT2D eigenvalue weighted by atomic mass is 9.99. The third-order valence-electron chi connectivity index (χ3n) is 7.32. The summed E-state index contributed by atoms with van der Waals surface area (Å²) in [5.74, 6) is 0.384. The fourth-order valence-electron chi connectivity index (χ4n) is 4.81. The molecule has 0 saturated heterocycles. The topological polar surface area (TPSA) is 165 Å². The number of ether oxygens (including phenoxy) is 3. The van der Waals surface area contributed by atoms with Crippen molar-refractivity contribution in [2.45, 2.75) is 31.0 Å². The van der Waals surface area contributed by atoms with Crippen molar-refractivity contribution in [3.63, 3.8) is 0 Å². The zero-order valence-corrected chi connectivity index (χ0v) is 25.0. The molecular weight excluding hydrogens is 580 g/mol. The van der Waals surface area contributed by atoms with Gasteiger partial charge in [0.1, 0.15) is 6.10 Å². The van der Waals surface area contributed by atoms with E-state index in [1.807, 2.05) is 6.92 Å². The highest BCUT2D eigenvalue weighted by molar-refractivity contribution is 7.92. The lowest BCUT2D eigenvalue weighted by Gasteiger charge is -2.38. The average molecular weight is 615 g/mol. The number of nitrogens with one attached hydrogen (secondary N) is 2. The Hall–Kier alpha value is -4.50. The molecule has 1 aromatic heterocycles. The third kappa shape index (κ3) is 6.32. The van der Waals surface area contributed by atoms with Crippen molar-refractivity contribution < 1.29 is 37.3 Å². The second-order valence-electron chi connectivity index (χ2n) is 10.7. The number of para-hydroxylation sites is 1. The predicted octanol–water partition coefficient (Wildman–Crippen LogP) is 2.33. The van der Waals surface area contributed by atoms with Gasteiger partial charge in [-0.25, -0.2) is 9.78 Å². The van der Waals surface area contributed by atoms with Crippen LogP contribution < -0.4 is 24.2 Å². The smallest absolute Gasteiger partial charge is 0.321 e. The standard InChI is InChI=1S/C28H34N6O8S/c1-17-11-34(18(2)14-35)27(36)20-6-5-7-21(31-43(38,39)25-13-32(3)15-29-25)26(20)42-24(17)12-33(4)28(37)30-19-8-9-22-23(10-19)41-16-40-22/h5-10,13,15,17-18,24,31,35H,11-12,14,16H2,1-4H3,(H,30,37)/t17-,18-,24-/m1/s1. The van der Waals surface area contributed by atoms with Gasteiger partial charge in [0, 0.05) is 44.5 Å². The molecule has 5 rings (SSSR count). The van der Waals surface area contributed by atoms with Crippen LogP contribution >= 0.6 is 0 Å². The Labute approximate surface area is 249 Å². The Bertz CT molecular complexity index is 1630. The van der Waals surface area contributed by atoms with E-state index in [9.17, 15) is 23.1 Å². The van der Waals surface area contributed by atoms with Crippen LogP contribution in [0, 0.1) is 5.92 Å². The van der Waals surface area contributed by atoms with Gasteiger partial charge in [0.2, 0.25) is 6.79 Å². The molecular formula is C28H34N6O8S. The van der Waals surface area contributed by atoms with Crippen molar-refractivity contribution in [3.05, 3.63) is 54.5 Å². The molecule has 3 N–H and O–H groups in total. The maximum Gasteiger partial charge on any atom is 0.321 e. The van der Waals surface area contributed by atoms with E-state index in [1.165, 1.54) is 39.0 Å².